The first-order valence-corrected chi connectivity index (χ1v) is 21.1. The number of carbonyl (C=O) groups is 4. The molecule has 2 heterocycles. The fourth-order valence-electron chi connectivity index (χ4n) is 7.52. The number of benzene rings is 4. The molecule has 2 aliphatic rings. The average Bonchev–Trinajstić information content (AvgIpc) is 3.30. The molecule has 15 nitrogen and oxygen atoms in total. The summed E-state index contributed by atoms with van der Waals surface area (Å²) in [5.74, 6) is 3.50. The van der Waals surface area contributed by atoms with E-state index in [1.165, 1.54) is 14.0 Å². The molecule has 344 valence electrons. The van der Waals surface area contributed by atoms with E-state index in [4.69, 9.17) is 52.1 Å². The van der Waals surface area contributed by atoms with Gasteiger partial charge in [-0.05, 0) is 28.8 Å². The van der Waals surface area contributed by atoms with Crippen LogP contribution in [0.15, 0.2) is 121 Å². The van der Waals surface area contributed by atoms with Gasteiger partial charge in [-0.3, -0.25) is 19.2 Å². The molecule has 0 aromatic heterocycles. The lowest BCUT2D eigenvalue weighted by Gasteiger charge is -2.53. The monoisotopic (exact) mass is 894 g/mol. The average molecular weight is 895 g/mol. The highest BCUT2D eigenvalue weighted by Crippen LogP contribution is 2.42. The van der Waals surface area contributed by atoms with E-state index in [2.05, 4.69) is 11.8 Å². The van der Waals surface area contributed by atoms with Crippen LogP contribution in [0, 0.1) is 11.8 Å². The molecule has 6 rings (SSSR count). The Morgan fingerprint density at radius 2 is 1.06 bits per heavy atom. The Morgan fingerprint density at radius 1 is 0.554 bits per heavy atom. The topological polar surface area (TPSA) is 170 Å². The molecule has 0 N–H and O–H groups in total. The van der Waals surface area contributed by atoms with Crippen molar-refractivity contribution < 1.29 is 71.3 Å². The second kappa shape index (κ2) is 23.8. The molecule has 15 heteroatoms. The van der Waals surface area contributed by atoms with Gasteiger partial charge in [0, 0.05) is 40.4 Å². The van der Waals surface area contributed by atoms with Gasteiger partial charge in [-0.25, -0.2) is 0 Å². The lowest BCUT2D eigenvalue weighted by atomic mass is 9.83. The molecule has 2 fully saturated rings. The highest BCUT2D eigenvalue weighted by Gasteiger charge is 2.63. The van der Waals surface area contributed by atoms with E-state index in [-0.39, 0.29) is 26.4 Å². The van der Waals surface area contributed by atoms with Crippen LogP contribution in [-0.2, 0) is 91.1 Å². The Kier molecular flexibility index (Phi) is 17.8. The third-order valence-electron chi connectivity index (χ3n) is 10.4. The zero-order valence-electron chi connectivity index (χ0n) is 36.9. The minimum Gasteiger partial charge on any atom is -0.463 e. The second-order valence-electron chi connectivity index (χ2n) is 15.3. The van der Waals surface area contributed by atoms with E-state index in [0.29, 0.717) is 5.56 Å². The van der Waals surface area contributed by atoms with Crippen molar-refractivity contribution in [3.8, 4) is 11.8 Å². The maximum Gasteiger partial charge on any atom is 0.303 e. The quantitative estimate of drug-likeness (QED) is 0.0683. The van der Waals surface area contributed by atoms with Crippen molar-refractivity contribution in [1.29, 1.82) is 0 Å². The molecule has 0 amide bonds. The van der Waals surface area contributed by atoms with Gasteiger partial charge in [0.1, 0.15) is 31.0 Å². The molecule has 4 aromatic rings. The molecule has 2 aliphatic heterocycles. The molecule has 2 saturated heterocycles. The van der Waals surface area contributed by atoms with Crippen molar-refractivity contribution in [2.24, 2.45) is 0 Å². The van der Waals surface area contributed by atoms with Crippen molar-refractivity contribution in [2.75, 3.05) is 20.3 Å². The summed E-state index contributed by atoms with van der Waals surface area (Å²) in [6.07, 6.45) is -12.3. The van der Waals surface area contributed by atoms with Gasteiger partial charge in [0.05, 0.1) is 26.4 Å². The summed E-state index contributed by atoms with van der Waals surface area (Å²) in [6, 6.07) is 37.5. The number of rotatable bonds is 18. The highest BCUT2D eigenvalue weighted by molar-refractivity contribution is 5.68. The summed E-state index contributed by atoms with van der Waals surface area (Å²) in [4.78, 5) is 50.7. The molecular formula is C50H54O15. The molecule has 6 unspecified atom stereocenters. The second-order valence-corrected chi connectivity index (χ2v) is 15.3. The van der Waals surface area contributed by atoms with Gasteiger partial charge < -0.3 is 52.1 Å². The Hall–Kier alpha value is -5.96. The number of methoxy groups -OCH3 is 1. The normalized spacial score (nSPS) is 26.1. The fourth-order valence-corrected chi connectivity index (χ4v) is 7.52. The van der Waals surface area contributed by atoms with Crippen molar-refractivity contribution in [1.82, 2.24) is 0 Å². The van der Waals surface area contributed by atoms with Gasteiger partial charge in [-0.15, -0.1) is 0 Å². The number of ether oxygens (including phenoxy) is 11. The molecule has 0 saturated carbocycles. The first-order valence-electron chi connectivity index (χ1n) is 21.1. The molecule has 10 atom stereocenters. The maximum absolute atomic E-state index is 13.0. The molecule has 0 aliphatic carbocycles. The van der Waals surface area contributed by atoms with Crippen LogP contribution in [0.25, 0.3) is 0 Å². The number of carbonyl (C=O) groups excluding carboxylic acids is 4. The van der Waals surface area contributed by atoms with Crippen LogP contribution in [0.3, 0.4) is 0 Å². The van der Waals surface area contributed by atoms with Gasteiger partial charge in [0.15, 0.2) is 30.2 Å². The Labute approximate surface area is 378 Å². The van der Waals surface area contributed by atoms with E-state index in [1.807, 2.05) is 109 Å². The van der Waals surface area contributed by atoms with Gasteiger partial charge in [-0.2, -0.15) is 0 Å². The van der Waals surface area contributed by atoms with E-state index in [1.54, 1.807) is 12.1 Å². The summed E-state index contributed by atoms with van der Waals surface area (Å²) < 4.78 is 69.5. The lowest BCUT2D eigenvalue weighted by Crippen LogP contribution is -2.72. The molecule has 65 heavy (non-hydrogen) atoms. The summed E-state index contributed by atoms with van der Waals surface area (Å²) >= 11 is 0. The van der Waals surface area contributed by atoms with Gasteiger partial charge in [-0.1, -0.05) is 121 Å². The lowest BCUT2D eigenvalue weighted by molar-refractivity contribution is -0.385. The predicted molar refractivity (Wildman–Crippen MR) is 231 cm³/mol. The minimum absolute atomic E-state index is 0.0153. The minimum atomic E-state index is -2.01. The van der Waals surface area contributed by atoms with Crippen LogP contribution in [0.1, 0.15) is 49.9 Å². The van der Waals surface area contributed by atoms with Gasteiger partial charge in [0.25, 0.3) is 0 Å². The summed E-state index contributed by atoms with van der Waals surface area (Å²) in [6.45, 7) is 4.18. The highest BCUT2D eigenvalue weighted by atomic mass is 16.8. The third kappa shape index (κ3) is 13.5. The van der Waals surface area contributed by atoms with E-state index < -0.39 is 91.4 Å². The summed E-state index contributed by atoms with van der Waals surface area (Å²) in [5, 5.41) is 0. The standard InChI is InChI=1S/C50H54O15/c1-33(51)57-31-41-43(60-34(2)52)44(61-35(3)53)45(62-36(4)54)49(63-41)65-50(27-26-37-18-10-6-11-19-37)42(32-56-28-38-20-12-7-13-21-38)64-48(55-5)46(58-29-39-22-14-8-15-23-39)47(50)59-30-40-24-16-9-17-25-40/h6-25,41-49H,28-32H2,1-5H3/t41?,42?,43-,44?,45?,46?,47?,48+,49+,50+/m1/s1. The molecule has 4 aromatic carbocycles. The van der Waals surface area contributed by atoms with Crippen LogP contribution in [-0.4, -0.2) is 105 Å². The van der Waals surface area contributed by atoms with Crippen molar-refractivity contribution in [2.45, 2.75) is 108 Å². The predicted octanol–water partition coefficient (Wildman–Crippen LogP) is 5.64. The maximum atomic E-state index is 13.0. The van der Waals surface area contributed by atoms with Crippen molar-refractivity contribution >= 4 is 23.9 Å². The van der Waals surface area contributed by atoms with Crippen molar-refractivity contribution in [3.63, 3.8) is 0 Å². The van der Waals surface area contributed by atoms with Crippen molar-refractivity contribution in [3.05, 3.63) is 144 Å². The summed E-state index contributed by atoms with van der Waals surface area (Å²) in [7, 11) is 1.47. The van der Waals surface area contributed by atoms with E-state index >= 15 is 0 Å². The van der Waals surface area contributed by atoms with E-state index in [0.717, 1.165) is 37.5 Å². The van der Waals surface area contributed by atoms with E-state index in [9.17, 15) is 19.2 Å². The summed E-state index contributed by atoms with van der Waals surface area (Å²) in [5.41, 5.74) is 1.07. The zero-order chi connectivity index (χ0) is 46.2. The van der Waals surface area contributed by atoms with Crippen LogP contribution < -0.4 is 0 Å². The molecule has 0 radical (unpaired) electrons. The SMILES string of the molecule is CO[C@H]1OC(COCc2ccccc2)[C@](C#Cc2ccccc2)(O[C@@H]2OC(COC(C)=O)[C@@H](OC(C)=O)C(OC(C)=O)C2OC(C)=O)C(OCc2ccccc2)C1OCc1ccccc1. The largest absolute Gasteiger partial charge is 0.463 e. The van der Waals surface area contributed by atoms with Crippen LogP contribution in [0.5, 0.6) is 0 Å². The first kappa shape index (κ1) is 48.5. The third-order valence-corrected chi connectivity index (χ3v) is 10.4. The Bertz CT molecular complexity index is 2200. The van der Waals surface area contributed by atoms with Gasteiger partial charge >= 0.3 is 23.9 Å². The van der Waals surface area contributed by atoms with Gasteiger partial charge in [0.2, 0.25) is 6.29 Å². The first-order chi connectivity index (χ1) is 31.4. The van der Waals surface area contributed by atoms with Crippen LogP contribution in [0.4, 0.5) is 0 Å². The van der Waals surface area contributed by atoms with Crippen LogP contribution in [0.2, 0.25) is 0 Å². The molecule has 0 spiro atoms. The Morgan fingerprint density at radius 3 is 1.60 bits per heavy atom. The zero-order valence-corrected chi connectivity index (χ0v) is 36.9. The Balaban J connectivity index is 1.57. The van der Waals surface area contributed by atoms with Crippen LogP contribution >= 0.6 is 0 Å². The smallest absolute Gasteiger partial charge is 0.303 e. The number of hydrogen-bond acceptors (Lipinski definition) is 15. The number of esters is 4. The molecule has 0 bridgehead atoms. The number of hydrogen-bond donors (Lipinski definition) is 0. The molecular weight excluding hydrogens is 841 g/mol. The fraction of sp³-hybridized carbons (Fsp3) is 0.400.